The van der Waals surface area contributed by atoms with Crippen LogP contribution in [-0.2, 0) is 39.6 Å². The van der Waals surface area contributed by atoms with E-state index in [2.05, 4.69) is 58.1 Å². The van der Waals surface area contributed by atoms with E-state index in [1.165, 1.54) is 15.4 Å². The highest BCUT2D eigenvalue weighted by Gasteiger charge is 2.38. The number of nitrogens with one attached hydrogen (secondary N) is 1. The first-order valence-electron chi connectivity index (χ1n) is 12.8. The van der Waals surface area contributed by atoms with Crippen molar-refractivity contribution in [2.75, 3.05) is 10.8 Å². The largest absolute Gasteiger partial charge is 0.476 e. The van der Waals surface area contributed by atoms with Crippen LogP contribution in [0.15, 0.2) is 71.6 Å². The van der Waals surface area contributed by atoms with Crippen LogP contribution in [-0.4, -0.2) is 27.0 Å². The van der Waals surface area contributed by atoms with Crippen molar-refractivity contribution in [1.29, 1.82) is 0 Å². The summed E-state index contributed by atoms with van der Waals surface area (Å²) in [6, 6.07) is 20.2. The number of hydrogen-bond acceptors (Lipinski definition) is 4. The lowest BCUT2D eigenvalue weighted by Gasteiger charge is -2.36. The van der Waals surface area contributed by atoms with Crippen molar-refractivity contribution in [3.63, 3.8) is 0 Å². The fraction of sp³-hybridized carbons (Fsp3) is 0.367. The molecule has 3 aromatic carbocycles. The van der Waals surface area contributed by atoms with E-state index in [1.54, 1.807) is 36.4 Å². The summed E-state index contributed by atoms with van der Waals surface area (Å²) >= 11 is 0. The molecule has 0 spiro atoms. The molecule has 1 aliphatic heterocycles. The van der Waals surface area contributed by atoms with Crippen LogP contribution in [0.1, 0.15) is 56.9 Å². The maximum atomic E-state index is 13.8. The zero-order chi connectivity index (χ0) is 26.8. The minimum atomic E-state index is -3.92. The number of rotatable bonds is 7. The Morgan fingerprint density at radius 1 is 0.973 bits per heavy atom. The van der Waals surface area contributed by atoms with E-state index in [1.807, 2.05) is 12.1 Å². The molecule has 0 radical (unpaired) electrons. The summed E-state index contributed by atoms with van der Waals surface area (Å²) in [5.74, 6) is 0.0314. The molecule has 0 bridgehead atoms. The number of anilines is 1. The number of benzene rings is 3. The molecular weight excluding hydrogens is 484 g/mol. The number of amides is 1. The Labute approximate surface area is 220 Å². The first-order valence-corrected chi connectivity index (χ1v) is 14.3. The fourth-order valence-corrected chi connectivity index (χ4v) is 6.00. The second-order valence-electron chi connectivity index (χ2n) is 10.4. The van der Waals surface area contributed by atoms with Crippen molar-refractivity contribution in [3.8, 4) is 5.75 Å². The van der Waals surface area contributed by atoms with Crippen molar-refractivity contribution in [2.45, 2.75) is 70.4 Å². The Hall–Kier alpha value is -3.32. The predicted molar refractivity (Wildman–Crippen MR) is 148 cm³/mol. The normalized spacial score (nSPS) is 15.6. The van der Waals surface area contributed by atoms with Gasteiger partial charge in [-0.15, -0.1) is 0 Å². The number of fused-ring (bicyclic) bond motifs is 1. The van der Waals surface area contributed by atoms with Crippen molar-refractivity contribution < 1.29 is 17.9 Å². The fourth-order valence-electron chi connectivity index (χ4n) is 4.51. The Bertz CT molecular complexity index is 1380. The average Bonchev–Trinajstić information content (AvgIpc) is 2.90. The monoisotopic (exact) mass is 520 g/mol. The number of nitrogens with zero attached hydrogens (tertiary/aromatic N) is 1. The van der Waals surface area contributed by atoms with E-state index in [-0.39, 0.29) is 22.8 Å². The highest BCUT2D eigenvalue weighted by molar-refractivity contribution is 7.92. The molecule has 7 heteroatoms. The molecule has 1 heterocycles. The Morgan fingerprint density at radius 2 is 1.70 bits per heavy atom. The number of aryl methyl sites for hydroxylation is 2. The molecule has 4 rings (SSSR count). The van der Waals surface area contributed by atoms with Gasteiger partial charge in [0.2, 0.25) is 0 Å². The van der Waals surface area contributed by atoms with Crippen molar-refractivity contribution in [1.82, 2.24) is 5.32 Å². The maximum Gasteiger partial charge on any atom is 0.264 e. The van der Waals surface area contributed by atoms with Crippen LogP contribution < -0.4 is 14.4 Å². The molecule has 1 aliphatic rings. The predicted octanol–water partition coefficient (Wildman–Crippen LogP) is 5.38. The van der Waals surface area contributed by atoms with Crippen molar-refractivity contribution in [3.05, 3.63) is 89.0 Å². The molecule has 0 saturated carbocycles. The van der Waals surface area contributed by atoms with Crippen LogP contribution in [0.2, 0.25) is 0 Å². The molecular formula is C30H36N2O4S. The Balaban J connectivity index is 1.66. The minimum Gasteiger partial charge on any atom is -0.476 e. The van der Waals surface area contributed by atoms with Crippen LogP contribution in [0.5, 0.6) is 5.75 Å². The van der Waals surface area contributed by atoms with Gasteiger partial charge in [-0.05, 0) is 64.8 Å². The summed E-state index contributed by atoms with van der Waals surface area (Å²) in [7, 11) is -3.92. The van der Waals surface area contributed by atoms with Crippen LogP contribution in [0.25, 0.3) is 0 Å². The zero-order valence-electron chi connectivity index (χ0n) is 22.2. The molecule has 1 unspecified atom stereocenters. The maximum absolute atomic E-state index is 13.8. The first-order chi connectivity index (χ1) is 17.5. The van der Waals surface area contributed by atoms with Crippen molar-refractivity contribution >= 4 is 21.6 Å². The highest BCUT2D eigenvalue weighted by Crippen LogP contribution is 2.40. The van der Waals surface area contributed by atoms with Gasteiger partial charge in [0, 0.05) is 6.54 Å². The Morgan fingerprint density at radius 3 is 2.35 bits per heavy atom. The van der Waals surface area contributed by atoms with E-state index in [4.69, 9.17) is 4.74 Å². The minimum absolute atomic E-state index is 0.112. The number of hydrogen-bond donors (Lipinski definition) is 1. The highest BCUT2D eigenvalue weighted by atomic mass is 32.2. The second kappa shape index (κ2) is 10.6. The van der Waals surface area contributed by atoms with Gasteiger partial charge in [-0.25, -0.2) is 8.42 Å². The second-order valence-corrected chi connectivity index (χ2v) is 12.3. The smallest absolute Gasteiger partial charge is 0.264 e. The molecule has 3 aromatic rings. The van der Waals surface area contributed by atoms with Crippen LogP contribution in [0.4, 0.5) is 5.69 Å². The van der Waals surface area contributed by atoms with Gasteiger partial charge in [0.05, 0.1) is 17.1 Å². The van der Waals surface area contributed by atoms with Gasteiger partial charge in [-0.1, -0.05) is 77.1 Å². The standard InChI is InChI=1S/C30H36N2O4S/c1-6-21-13-14-22(7-2)23(17-21)19-31-29(33)28-20-32(37(34,35)25-11-9-8-10-12-25)26-18-24(30(3,4)5)15-16-27(26)36-28/h8-18,28H,6-7,19-20H2,1-5H3,(H,31,33). The molecule has 0 saturated heterocycles. The molecule has 6 nitrogen and oxygen atoms in total. The lowest BCUT2D eigenvalue weighted by atomic mass is 9.86. The summed E-state index contributed by atoms with van der Waals surface area (Å²) in [4.78, 5) is 13.5. The zero-order valence-corrected chi connectivity index (χ0v) is 23.1. The van der Waals surface area contributed by atoms with Gasteiger partial charge in [-0.2, -0.15) is 0 Å². The third-order valence-electron chi connectivity index (χ3n) is 6.83. The van der Waals surface area contributed by atoms with Crippen LogP contribution >= 0.6 is 0 Å². The van der Waals surface area contributed by atoms with E-state index in [0.29, 0.717) is 18.0 Å². The van der Waals surface area contributed by atoms with Crippen molar-refractivity contribution in [2.24, 2.45) is 0 Å². The third kappa shape index (κ3) is 5.67. The van der Waals surface area contributed by atoms with Crippen LogP contribution in [0.3, 0.4) is 0 Å². The molecule has 196 valence electrons. The van der Waals surface area contributed by atoms with Gasteiger partial charge in [0.25, 0.3) is 15.9 Å². The summed E-state index contributed by atoms with van der Waals surface area (Å²) in [5, 5.41) is 2.99. The molecule has 1 amide bonds. The third-order valence-corrected chi connectivity index (χ3v) is 8.62. The van der Waals surface area contributed by atoms with E-state index in [9.17, 15) is 13.2 Å². The quantitative estimate of drug-likeness (QED) is 0.454. The number of ether oxygens (including phenoxy) is 1. The van der Waals surface area contributed by atoms with Gasteiger partial charge >= 0.3 is 0 Å². The van der Waals surface area contributed by atoms with Gasteiger partial charge in [0.15, 0.2) is 6.10 Å². The number of carbonyl (C=O) groups excluding carboxylic acids is 1. The number of carbonyl (C=O) groups is 1. The SMILES string of the molecule is CCc1ccc(CC)c(CNC(=O)C2CN(S(=O)(=O)c3ccccc3)c3cc(C(C)(C)C)ccc3O2)c1. The summed E-state index contributed by atoms with van der Waals surface area (Å²) < 4.78 is 34.9. The average molecular weight is 521 g/mol. The van der Waals surface area contributed by atoms with Gasteiger partial charge in [0.1, 0.15) is 5.75 Å². The molecule has 0 aromatic heterocycles. The van der Waals surface area contributed by atoms with E-state index >= 15 is 0 Å². The first kappa shape index (κ1) is 26.7. The van der Waals surface area contributed by atoms with Crippen LogP contribution in [0, 0.1) is 0 Å². The Kier molecular flexibility index (Phi) is 7.64. The molecule has 0 fully saturated rings. The van der Waals surface area contributed by atoms with E-state index in [0.717, 1.165) is 24.0 Å². The lowest BCUT2D eigenvalue weighted by molar-refractivity contribution is -0.127. The van der Waals surface area contributed by atoms with E-state index < -0.39 is 16.1 Å². The summed E-state index contributed by atoms with van der Waals surface area (Å²) in [6.45, 7) is 10.7. The molecule has 1 N–H and O–H groups in total. The topological polar surface area (TPSA) is 75.7 Å². The lowest BCUT2D eigenvalue weighted by Crippen LogP contribution is -2.50. The summed E-state index contributed by atoms with van der Waals surface area (Å²) in [5.41, 5.74) is 4.69. The van der Waals surface area contributed by atoms with Gasteiger partial charge in [-0.3, -0.25) is 9.10 Å². The number of sulfonamides is 1. The molecule has 0 aliphatic carbocycles. The molecule has 1 atom stereocenters. The summed E-state index contributed by atoms with van der Waals surface area (Å²) in [6.07, 6.45) is 0.795. The van der Waals surface area contributed by atoms with Gasteiger partial charge < -0.3 is 10.1 Å². The molecule has 37 heavy (non-hydrogen) atoms.